The Labute approximate surface area is 234 Å². The van der Waals surface area contributed by atoms with Crippen molar-refractivity contribution in [2.45, 2.75) is 91.5 Å². The number of thiazole rings is 2. The third-order valence-electron chi connectivity index (χ3n) is 5.96. The van der Waals surface area contributed by atoms with Crippen LogP contribution in [0.15, 0.2) is 17.1 Å². The van der Waals surface area contributed by atoms with Gasteiger partial charge in [-0.25, -0.2) is 14.6 Å². The number of hydrogen-bond acceptors (Lipinski definition) is 8. The summed E-state index contributed by atoms with van der Waals surface area (Å²) in [6.07, 6.45) is 3.17. The zero-order chi connectivity index (χ0) is 28.2. The molecule has 0 fully saturated rings. The fourth-order valence-corrected chi connectivity index (χ4v) is 4.91. The number of carbonyl (C=O) groups is 3. The van der Waals surface area contributed by atoms with Crippen LogP contribution in [-0.4, -0.2) is 64.6 Å². The molecular weight excluding hydrogens is 524 g/mol. The average molecular weight is 567 g/mol. The fourth-order valence-electron chi connectivity index (χ4n) is 3.53. The average Bonchev–Trinajstić information content (AvgIpc) is 3.55. The quantitative estimate of drug-likeness (QED) is 0.309. The first-order valence-corrected chi connectivity index (χ1v) is 14.8. The van der Waals surface area contributed by atoms with Gasteiger partial charge in [0.05, 0.1) is 21.1 Å². The van der Waals surface area contributed by atoms with Gasteiger partial charge in [0.15, 0.2) is 0 Å². The first kappa shape index (κ1) is 31.5. The maximum atomic E-state index is 13.0. The van der Waals surface area contributed by atoms with E-state index in [4.69, 9.17) is 4.74 Å². The zero-order valence-corrected chi connectivity index (χ0v) is 25.1. The normalized spacial score (nSPS) is 13.6. The molecule has 0 saturated heterocycles. The van der Waals surface area contributed by atoms with Crippen molar-refractivity contribution in [1.82, 2.24) is 30.8 Å². The third-order valence-corrected chi connectivity index (χ3v) is 7.90. The summed E-state index contributed by atoms with van der Waals surface area (Å²) in [6, 6.07) is -1.19. The second-order valence-corrected chi connectivity index (χ2v) is 12.1. The minimum atomic E-state index is -0.656. The molecule has 0 bridgehead atoms. The van der Waals surface area contributed by atoms with Crippen molar-refractivity contribution < 1.29 is 19.1 Å². The number of ether oxygens (including phenoxy) is 1. The van der Waals surface area contributed by atoms with Crippen LogP contribution in [0.5, 0.6) is 0 Å². The van der Waals surface area contributed by atoms with E-state index in [2.05, 4.69) is 39.8 Å². The standard InChI is InChI=1S/C26H42N6O4S2/c1-16(2)22(31-25(34)32(7)11-10-20-14-37-24(30-20)17(3)4)23(33)28-18(5)8-9-19(6)29-26(35)36-13-21-12-27-15-38-21/h12,14-19,22H,8-11,13H2,1-7H3,(H,28,33)(H,29,35)(H,31,34). The van der Waals surface area contributed by atoms with Crippen LogP contribution in [0, 0.1) is 5.92 Å². The molecule has 0 radical (unpaired) electrons. The Kier molecular flexibility index (Phi) is 12.9. The van der Waals surface area contributed by atoms with Crippen LogP contribution in [0.2, 0.25) is 0 Å². The minimum absolute atomic E-state index is 0.0828. The summed E-state index contributed by atoms with van der Waals surface area (Å²) in [5, 5.41) is 11.8. The van der Waals surface area contributed by atoms with Gasteiger partial charge in [-0.2, -0.15) is 0 Å². The summed E-state index contributed by atoms with van der Waals surface area (Å²) in [4.78, 5) is 48.8. The van der Waals surface area contributed by atoms with Gasteiger partial charge >= 0.3 is 12.1 Å². The Hall–Kier alpha value is -2.73. The molecule has 3 unspecified atom stereocenters. The molecule has 2 aromatic rings. The van der Waals surface area contributed by atoms with Gasteiger partial charge < -0.3 is 25.6 Å². The van der Waals surface area contributed by atoms with Crippen molar-refractivity contribution in [3.8, 4) is 0 Å². The van der Waals surface area contributed by atoms with Crippen molar-refractivity contribution in [2.24, 2.45) is 5.92 Å². The molecule has 2 aromatic heterocycles. The number of urea groups is 1. The number of alkyl carbamates (subject to hydrolysis) is 1. The molecule has 0 aliphatic heterocycles. The molecule has 2 rings (SSSR count). The molecule has 12 heteroatoms. The Balaban J connectivity index is 1.74. The minimum Gasteiger partial charge on any atom is -0.444 e. The largest absolute Gasteiger partial charge is 0.444 e. The Morgan fingerprint density at radius 2 is 1.68 bits per heavy atom. The van der Waals surface area contributed by atoms with Crippen LogP contribution in [0.4, 0.5) is 9.59 Å². The number of nitrogens with one attached hydrogen (secondary N) is 3. The molecule has 3 N–H and O–H groups in total. The maximum Gasteiger partial charge on any atom is 0.407 e. The summed E-state index contributed by atoms with van der Waals surface area (Å²) >= 11 is 3.07. The van der Waals surface area contributed by atoms with E-state index in [1.165, 1.54) is 11.3 Å². The molecule has 0 spiro atoms. The number of amides is 4. The summed E-state index contributed by atoms with van der Waals surface area (Å²) in [7, 11) is 1.72. The second-order valence-electron chi connectivity index (χ2n) is 10.3. The van der Waals surface area contributed by atoms with E-state index in [1.54, 1.807) is 35.0 Å². The number of rotatable bonds is 14. The lowest BCUT2D eigenvalue weighted by molar-refractivity contribution is -0.124. The highest BCUT2D eigenvalue weighted by molar-refractivity contribution is 7.09. The molecule has 0 saturated carbocycles. The van der Waals surface area contributed by atoms with Crippen molar-refractivity contribution in [3.05, 3.63) is 32.7 Å². The van der Waals surface area contributed by atoms with Crippen LogP contribution in [0.3, 0.4) is 0 Å². The number of likely N-dealkylation sites (N-methyl/N-ethyl adjacent to an activating group) is 1. The Morgan fingerprint density at radius 3 is 2.26 bits per heavy atom. The van der Waals surface area contributed by atoms with E-state index >= 15 is 0 Å². The predicted molar refractivity (Wildman–Crippen MR) is 151 cm³/mol. The monoisotopic (exact) mass is 566 g/mol. The van der Waals surface area contributed by atoms with Crippen LogP contribution in [0.25, 0.3) is 0 Å². The van der Waals surface area contributed by atoms with E-state index in [1.807, 2.05) is 33.1 Å². The van der Waals surface area contributed by atoms with Crippen molar-refractivity contribution in [2.75, 3.05) is 13.6 Å². The van der Waals surface area contributed by atoms with Gasteiger partial charge in [0.25, 0.3) is 0 Å². The van der Waals surface area contributed by atoms with E-state index in [9.17, 15) is 14.4 Å². The summed E-state index contributed by atoms with van der Waals surface area (Å²) < 4.78 is 5.20. The topological polar surface area (TPSA) is 126 Å². The summed E-state index contributed by atoms with van der Waals surface area (Å²) in [5.74, 6) is 0.0819. The summed E-state index contributed by atoms with van der Waals surface area (Å²) in [6.45, 7) is 12.5. The molecule has 4 amide bonds. The van der Waals surface area contributed by atoms with Crippen LogP contribution >= 0.6 is 22.7 Å². The van der Waals surface area contributed by atoms with Crippen LogP contribution in [0.1, 0.15) is 75.9 Å². The first-order chi connectivity index (χ1) is 18.0. The zero-order valence-electron chi connectivity index (χ0n) is 23.4. The third kappa shape index (κ3) is 10.9. The van der Waals surface area contributed by atoms with E-state index < -0.39 is 12.1 Å². The second kappa shape index (κ2) is 15.6. The Bertz CT molecular complexity index is 1010. The molecule has 0 aromatic carbocycles. The highest BCUT2D eigenvalue weighted by Crippen LogP contribution is 2.19. The maximum absolute atomic E-state index is 13.0. The van der Waals surface area contributed by atoms with E-state index in [-0.39, 0.29) is 36.5 Å². The van der Waals surface area contributed by atoms with Crippen molar-refractivity contribution >= 4 is 40.7 Å². The summed E-state index contributed by atoms with van der Waals surface area (Å²) in [5.41, 5.74) is 2.66. The lowest BCUT2D eigenvalue weighted by atomic mass is 10.0. The number of hydrogen-bond donors (Lipinski definition) is 3. The van der Waals surface area contributed by atoms with Gasteiger partial charge in [0.2, 0.25) is 5.91 Å². The molecule has 10 nitrogen and oxygen atoms in total. The first-order valence-electron chi connectivity index (χ1n) is 13.0. The van der Waals surface area contributed by atoms with Gasteiger partial charge in [-0.1, -0.05) is 27.7 Å². The van der Waals surface area contributed by atoms with Gasteiger partial charge in [0, 0.05) is 49.6 Å². The van der Waals surface area contributed by atoms with Crippen LogP contribution < -0.4 is 16.0 Å². The highest BCUT2D eigenvalue weighted by Gasteiger charge is 2.26. The lowest BCUT2D eigenvalue weighted by Gasteiger charge is -2.27. The van der Waals surface area contributed by atoms with Crippen molar-refractivity contribution in [3.63, 3.8) is 0 Å². The van der Waals surface area contributed by atoms with E-state index in [0.29, 0.717) is 31.7 Å². The molecule has 0 aliphatic rings. The highest BCUT2D eigenvalue weighted by atomic mass is 32.1. The van der Waals surface area contributed by atoms with Crippen molar-refractivity contribution in [1.29, 1.82) is 0 Å². The number of nitrogens with zero attached hydrogens (tertiary/aromatic N) is 3. The lowest BCUT2D eigenvalue weighted by Crippen LogP contribution is -2.54. The molecular formula is C26H42N6O4S2. The molecule has 212 valence electrons. The van der Waals surface area contributed by atoms with E-state index in [0.717, 1.165) is 15.6 Å². The molecule has 0 aliphatic carbocycles. The SMILES string of the molecule is CC(CCC(C)NC(=O)C(NC(=O)N(C)CCc1csc(C(C)C)n1)C(C)C)NC(=O)OCc1cncs1. The molecule has 2 heterocycles. The van der Waals surface area contributed by atoms with Gasteiger partial charge in [0.1, 0.15) is 12.6 Å². The molecule has 38 heavy (non-hydrogen) atoms. The Morgan fingerprint density at radius 1 is 1.00 bits per heavy atom. The van der Waals surface area contributed by atoms with Gasteiger partial charge in [-0.3, -0.25) is 9.78 Å². The number of aromatic nitrogens is 2. The molecule has 3 atom stereocenters. The predicted octanol–water partition coefficient (Wildman–Crippen LogP) is 4.53. The van der Waals surface area contributed by atoms with Gasteiger partial charge in [-0.05, 0) is 32.6 Å². The number of carbonyl (C=O) groups excluding carboxylic acids is 3. The smallest absolute Gasteiger partial charge is 0.407 e. The fraction of sp³-hybridized carbons (Fsp3) is 0.654. The van der Waals surface area contributed by atoms with Crippen LogP contribution in [-0.2, 0) is 22.6 Å². The van der Waals surface area contributed by atoms with Gasteiger partial charge in [-0.15, -0.1) is 22.7 Å².